The van der Waals surface area contributed by atoms with E-state index in [1.807, 2.05) is 13.8 Å². The van der Waals surface area contributed by atoms with Crippen LogP contribution in [0.4, 0.5) is 5.69 Å². The summed E-state index contributed by atoms with van der Waals surface area (Å²) in [6.07, 6.45) is -1.08. The predicted octanol–water partition coefficient (Wildman–Crippen LogP) is 3.60. The zero-order valence-electron chi connectivity index (χ0n) is 16.7. The Morgan fingerprint density at radius 1 is 1.17 bits per heavy atom. The molecule has 1 aromatic carbocycles. The SMILES string of the molecule is CC(OC(=O)c1cccc(NC(=O)c2cccs2)c1)C(=O)NC(C)(C#N)C(C)C. The van der Waals surface area contributed by atoms with Crippen LogP contribution in [-0.4, -0.2) is 29.4 Å². The Morgan fingerprint density at radius 3 is 2.48 bits per heavy atom. The van der Waals surface area contributed by atoms with Gasteiger partial charge in [0.2, 0.25) is 0 Å². The predicted molar refractivity (Wildman–Crippen MR) is 111 cm³/mol. The summed E-state index contributed by atoms with van der Waals surface area (Å²) >= 11 is 1.31. The third kappa shape index (κ3) is 5.65. The van der Waals surface area contributed by atoms with Crippen LogP contribution in [0.25, 0.3) is 0 Å². The van der Waals surface area contributed by atoms with Gasteiger partial charge < -0.3 is 15.4 Å². The fraction of sp³-hybridized carbons (Fsp3) is 0.333. The highest BCUT2D eigenvalue weighted by atomic mass is 32.1. The van der Waals surface area contributed by atoms with Gasteiger partial charge in [0.05, 0.1) is 16.5 Å². The van der Waals surface area contributed by atoms with E-state index in [1.165, 1.54) is 30.4 Å². The van der Waals surface area contributed by atoms with E-state index in [2.05, 4.69) is 16.7 Å². The summed E-state index contributed by atoms with van der Waals surface area (Å²) in [6.45, 7) is 6.68. The van der Waals surface area contributed by atoms with E-state index in [-0.39, 0.29) is 17.4 Å². The maximum atomic E-state index is 12.4. The molecule has 0 bridgehead atoms. The zero-order valence-corrected chi connectivity index (χ0v) is 17.5. The Kier molecular flexibility index (Phi) is 7.13. The first-order chi connectivity index (χ1) is 13.7. The Labute approximate surface area is 173 Å². The van der Waals surface area contributed by atoms with Crippen LogP contribution in [-0.2, 0) is 9.53 Å². The van der Waals surface area contributed by atoms with Gasteiger partial charge in [0.15, 0.2) is 6.10 Å². The van der Waals surface area contributed by atoms with Crippen molar-refractivity contribution < 1.29 is 19.1 Å². The maximum Gasteiger partial charge on any atom is 0.338 e. The quantitative estimate of drug-likeness (QED) is 0.674. The van der Waals surface area contributed by atoms with Crippen molar-refractivity contribution in [2.75, 3.05) is 5.32 Å². The normalized spacial score (nSPS) is 13.7. The van der Waals surface area contributed by atoms with Crippen LogP contribution in [0.3, 0.4) is 0 Å². The molecular weight excluding hydrogens is 390 g/mol. The number of hydrogen-bond donors (Lipinski definition) is 2. The van der Waals surface area contributed by atoms with Crippen LogP contribution in [0.15, 0.2) is 41.8 Å². The first kappa shape index (κ1) is 22.1. The number of anilines is 1. The van der Waals surface area contributed by atoms with Crippen molar-refractivity contribution in [1.29, 1.82) is 5.26 Å². The van der Waals surface area contributed by atoms with Gasteiger partial charge in [-0.1, -0.05) is 26.0 Å². The molecule has 2 unspecified atom stereocenters. The second-order valence-electron chi connectivity index (χ2n) is 7.02. The lowest BCUT2D eigenvalue weighted by atomic mass is 9.90. The lowest BCUT2D eigenvalue weighted by molar-refractivity contribution is -0.130. The Hall–Kier alpha value is -3.18. The smallest absolute Gasteiger partial charge is 0.338 e. The summed E-state index contributed by atoms with van der Waals surface area (Å²) in [5.41, 5.74) is -0.434. The average Bonchev–Trinajstić information content (AvgIpc) is 3.22. The largest absolute Gasteiger partial charge is 0.449 e. The Balaban J connectivity index is 2.02. The van der Waals surface area contributed by atoms with Crippen LogP contribution in [0.5, 0.6) is 0 Å². The van der Waals surface area contributed by atoms with E-state index in [9.17, 15) is 19.6 Å². The number of nitrogens with zero attached hydrogens (tertiary/aromatic N) is 1. The van der Waals surface area contributed by atoms with Gasteiger partial charge in [0, 0.05) is 5.69 Å². The van der Waals surface area contributed by atoms with Crippen molar-refractivity contribution in [3.8, 4) is 6.07 Å². The van der Waals surface area contributed by atoms with E-state index in [0.717, 1.165) is 0 Å². The van der Waals surface area contributed by atoms with Gasteiger partial charge in [-0.25, -0.2) is 4.79 Å². The third-order valence-corrected chi connectivity index (χ3v) is 5.39. The zero-order chi connectivity index (χ0) is 21.6. The van der Waals surface area contributed by atoms with Gasteiger partial charge in [-0.15, -0.1) is 11.3 Å². The Morgan fingerprint density at radius 2 is 1.90 bits per heavy atom. The molecule has 2 rings (SSSR count). The second-order valence-corrected chi connectivity index (χ2v) is 7.97. The lowest BCUT2D eigenvalue weighted by Crippen LogP contribution is -2.52. The van der Waals surface area contributed by atoms with Gasteiger partial charge >= 0.3 is 5.97 Å². The summed E-state index contributed by atoms with van der Waals surface area (Å²) in [5, 5.41) is 16.4. The number of carbonyl (C=O) groups excluding carboxylic acids is 3. The lowest BCUT2D eigenvalue weighted by Gasteiger charge is -2.28. The molecule has 8 heteroatoms. The average molecular weight is 413 g/mol. The molecule has 2 amide bonds. The summed E-state index contributed by atoms with van der Waals surface area (Å²) in [5.74, 6) is -1.66. The topological polar surface area (TPSA) is 108 Å². The van der Waals surface area contributed by atoms with Gasteiger partial charge in [-0.05, 0) is 49.4 Å². The number of esters is 1. The molecule has 0 saturated carbocycles. The number of rotatable bonds is 7. The number of carbonyl (C=O) groups is 3. The highest BCUT2D eigenvalue weighted by Gasteiger charge is 2.32. The van der Waals surface area contributed by atoms with E-state index in [0.29, 0.717) is 10.6 Å². The van der Waals surface area contributed by atoms with Crippen LogP contribution in [0, 0.1) is 17.2 Å². The molecule has 0 aliphatic rings. The fourth-order valence-electron chi connectivity index (χ4n) is 2.27. The molecule has 2 aromatic rings. The van der Waals surface area contributed by atoms with Crippen molar-refractivity contribution in [2.45, 2.75) is 39.3 Å². The van der Waals surface area contributed by atoms with E-state index in [4.69, 9.17) is 4.74 Å². The number of ether oxygens (including phenoxy) is 1. The van der Waals surface area contributed by atoms with E-state index >= 15 is 0 Å². The first-order valence-electron chi connectivity index (χ1n) is 9.05. The summed E-state index contributed by atoms with van der Waals surface area (Å²) in [7, 11) is 0. The monoisotopic (exact) mass is 413 g/mol. The number of benzene rings is 1. The molecule has 29 heavy (non-hydrogen) atoms. The number of nitriles is 1. The summed E-state index contributed by atoms with van der Waals surface area (Å²) in [6, 6.07) is 11.8. The van der Waals surface area contributed by atoms with Crippen LogP contribution in [0.1, 0.15) is 47.7 Å². The summed E-state index contributed by atoms with van der Waals surface area (Å²) < 4.78 is 5.23. The highest BCUT2D eigenvalue weighted by Crippen LogP contribution is 2.17. The molecular formula is C21H23N3O4S. The molecule has 2 atom stereocenters. The molecule has 152 valence electrons. The van der Waals surface area contributed by atoms with E-state index < -0.39 is 23.5 Å². The molecule has 2 N–H and O–H groups in total. The molecule has 1 heterocycles. The Bertz CT molecular complexity index is 934. The molecule has 0 aliphatic heterocycles. The number of amides is 2. The fourth-order valence-corrected chi connectivity index (χ4v) is 2.88. The van der Waals surface area contributed by atoms with Gasteiger partial charge in [-0.3, -0.25) is 9.59 Å². The molecule has 0 aliphatic carbocycles. The molecule has 0 spiro atoms. The molecule has 0 radical (unpaired) electrons. The molecule has 0 fully saturated rings. The van der Waals surface area contributed by atoms with Crippen LogP contribution in [0.2, 0.25) is 0 Å². The van der Waals surface area contributed by atoms with Gasteiger partial charge in [0.25, 0.3) is 11.8 Å². The van der Waals surface area contributed by atoms with Crippen molar-refractivity contribution >= 4 is 34.8 Å². The third-order valence-electron chi connectivity index (χ3n) is 4.52. The van der Waals surface area contributed by atoms with Crippen LogP contribution < -0.4 is 10.6 Å². The molecule has 1 aromatic heterocycles. The van der Waals surface area contributed by atoms with Gasteiger partial charge in [0.1, 0.15) is 5.54 Å². The maximum absolute atomic E-state index is 12.4. The number of hydrogen-bond acceptors (Lipinski definition) is 6. The minimum absolute atomic E-state index is 0.122. The van der Waals surface area contributed by atoms with Crippen molar-refractivity contribution in [3.63, 3.8) is 0 Å². The van der Waals surface area contributed by atoms with Gasteiger partial charge in [-0.2, -0.15) is 5.26 Å². The minimum Gasteiger partial charge on any atom is -0.449 e. The second kappa shape index (κ2) is 9.34. The van der Waals surface area contributed by atoms with E-state index in [1.54, 1.807) is 36.6 Å². The minimum atomic E-state index is -1.08. The number of nitrogens with one attached hydrogen (secondary N) is 2. The summed E-state index contributed by atoms with van der Waals surface area (Å²) in [4.78, 5) is 37.4. The number of thiophene rings is 1. The standard InChI is InChI=1S/C21H23N3O4S/c1-13(2)21(4,12-22)24-18(25)14(3)28-20(27)15-7-5-8-16(11-15)23-19(26)17-9-6-10-29-17/h5-11,13-14H,1-4H3,(H,23,26)(H,24,25). The van der Waals surface area contributed by atoms with Crippen molar-refractivity contribution in [2.24, 2.45) is 5.92 Å². The van der Waals surface area contributed by atoms with Crippen molar-refractivity contribution in [3.05, 3.63) is 52.2 Å². The molecule has 0 saturated heterocycles. The van der Waals surface area contributed by atoms with Crippen molar-refractivity contribution in [1.82, 2.24) is 5.32 Å². The van der Waals surface area contributed by atoms with Crippen LogP contribution >= 0.6 is 11.3 Å². The highest BCUT2D eigenvalue weighted by molar-refractivity contribution is 7.12. The molecule has 7 nitrogen and oxygen atoms in total. The first-order valence-corrected chi connectivity index (χ1v) is 9.93.